The number of likely N-dealkylation sites (tertiary alicyclic amines) is 1. The number of benzene rings is 2. The number of aliphatic hydroxyl groups excluding tert-OH is 1. The summed E-state index contributed by atoms with van der Waals surface area (Å²) in [7, 11) is 0. The van der Waals surface area contributed by atoms with Crippen LogP contribution in [0.3, 0.4) is 0 Å². The molecule has 1 spiro atoms. The minimum atomic E-state index is -1.34. The number of rotatable bonds is 4. The van der Waals surface area contributed by atoms with E-state index in [4.69, 9.17) is 4.74 Å². The molecular weight excluding hydrogens is 494 g/mol. The van der Waals surface area contributed by atoms with Crippen molar-refractivity contribution in [2.24, 2.45) is 11.8 Å². The van der Waals surface area contributed by atoms with Gasteiger partial charge < -0.3 is 24.5 Å². The van der Waals surface area contributed by atoms with Crippen LogP contribution >= 0.6 is 0 Å². The van der Waals surface area contributed by atoms with E-state index in [1.165, 1.54) is 4.90 Å². The number of anilines is 2. The summed E-state index contributed by atoms with van der Waals surface area (Å²) >= 11 is 0. The first-order valence-corrected chi connectivity index (χ1v) is 13.5. The Morgan fingerprint density at radius 2 is 1.62 bits per heavy atom. The van der Waals surface area contributed by atoms with Gasteiger partial charge in [-0.25, -0.2) is 0 Å². The first-order valence-electron chi connectivity index (χ1n) is 13.5. The molecule has 2 aromatic rings. The molecule has 3 amide bonds. The van der Waals surface area contributed by atoms with Gasteiger partial charge in [-0.3, -0.25) is 14.4 Å². The minimum Gasteiger partial charge on any atom is -0.394 e. The quantitative estimate of drug-likeness (QED) is 0.618. The van der Waals surface area contributed by atoms with Crippen LogP contribution < -0.4 is 9.80 Å². The molecule has 2 aromatic carbocycles. The van der Waals surface area contributed by atoms with E-state index < -0.39 is 35.6 Å². The maximum absolute atomic E-state index is 14.5. The molecule has 2 fully saturated rings. The smallest absolute Gasteiger partial charge is 0.253 e. The van der Waals surface area contributed by atoms with Crippen molar-refractivity contribution in [3.8, 4) is 0 Å². The molecule has 8 heteroatoms. The molecule has 4 aliphatic heterocycles. The summed E-state index contributed by atoms with van der Waals surface area (Å²) in [5, 5.41) is 10.1. The fraction of sp³-hybridized carbons (Fsp3) is 0.387. The molecule has 6 atom stereocenters. The molecule has 202 valence electrons. The number of carbonyl (C=O) groups excluding carboxylic acids is 3. The van der Waals surface area contributed by atoms with Gasteiger partial charge >= 0.3 is 0 Å². The molecule has 0 radical (unpaired) electrons. The van der Waals surface area contributed by atoms with Crippen molar-refractivity contribution >= 4 is 29.1 Å². The number of nitrogens with zero attached hydrogens (tertiary/aromatic N) is 3. The standard InChI is InChI=1S/C31H33N3O5/c1-19-10-7-11-20(2)26(19)33-17-9-15-31-25(29(37)34(21(3)18-35)27(31)30(33)38)24-23(39-31)14-8-16-32(28(24)36)22-12-5-4-6-13-22/h4-15,21,23-25,27,35H,16-18H2,1-3H3/t21-,23-,24+,25+,27?,31+/m1/s1. The molecule has 0 bridgehead atoms. The molecule has 0 saturated carbocycles. The number of ether oxygens (including phenoxy) is 1. The third-order valence-corrected chi connectivity index (χ3v) is 8.61. The summed E-state index contributed by atoms with van der Waals surface area (Å²) in [4.78, 5) is 47.8. The van der Waals surface area contributed by atoms with Gasteiger partial charge in [0, 0.05) is 24.5 Å². The minimum absolute atomic E-state index is 0.208. The fourth-order valence-corrected chi connectivity index (χ4v) is 6.91. The van der Waals surface area contributed by atoms with E-state index in [-0.39, 0.29) is 24.3 Å². The highest BCUT2D eigenvalue weighted by molar-refractivity contribution is 6.08. The number of carbonyl (C=O) groups is 3. The van der Waals surface area contributed by atoms with Crippen molar-refractivity contribution in [3.05, 3.63) is 84.0 Å². The third kappa shape index (κ3) is 3.69. The predicted molar refractivity (Wildman–Crippen MR) is 147 cm³/mol. The molecule has 4 heterocycles. The van der Waals surface area contributed by atoms with Crippen molar-refractivity contribution in [2.45, 2.75) is 44.6 Å². The molecule has 39 heavy (non-hydrogen) atoms. The van der Waals surface area contributed by atoms with Crippen molar-refractivity contribution in [1.29, 1.82) is 0 Å². The Hall–Kier alpha value is -3.75. The Bertz CT molecular complexity index is 1370. The van der Waals surface area contributed by atoms with Gasteiger partial charge in [-0.05, 0) is 44.0 Å². The molecule has 4 aliphatic rings. The highest BCUT2D eigenvalue weighted by Gasteiger charge is 2.72. The van der Waals surface area contributed by atoms with Gasteiger partial charge in [0.1, 0.15) is 11.6 Å². The lowest BCUT2D eigenvalue weighted by Crippen LogP contribution is -2.58. The summed E-state index contributed by atoms with van der Waals surface area (Å²) < 4.78 is 6.69. The summed E-state index contributed by atoms with van der Waals surface area (Å²) in [6.07, 6.45) is 6.81. The van der Waals surface area contributed by atoms with Crippen LogP contribution in [0.1, 0.15) is 18.1 Å². The van der Waals surface area contributed by atoms with Gasteiger partial charge in [-0.15, -0.1) is 0 Å². The van der Waals surface area contributed by atoms with Crippen LogP contribution in [0.5, 0.6) is 0 Å². The lowest BCUT2D eigenvalue weighted by molar-refractivity contribution is -0.143. The largest absolute Gasteiger partial charge is 0.394 e. The van der Waals surface area contributed by atoms with Crippen LogP contribution in [0, 0.1) is 25.7 Å². The van der Waals surface area contributed by atoms with Gasteiger partial charge in [0.15, 0.2) is 0 Å². The van der Waals surface area contributed by atoms with Crippen LogP contribution in [0.25, 0.3) is 0 Å². The van der Waals surface area contributed by atoms with Crippen LogP contribution in [-0.4, -0.2) is 71.2 Å². The van der Waals surface area contributed by atoms with E-state index in [1.54, 1.807) is 16.7 Å². The number of aryl methyl sites for hydroxylation is 2. The fourth-order valence-electron chi connectivity index (χ4n) is 6.91. The number of amides is 3. The van der Waals surface area contributed by atoms with Crippen LogP contribution in [0.4, 0.5) is 11.4 Å². The van der Waals surface area contributed by atoms with E-state index >= 15 is 0 Å². The van der Waals surface area contributed by atoms with Crippen molar-refractivity contribution in [1.82, 2.24) is 4.90 Å². The van der Waals surface area contributed by atoms with Gasteiger partial charge in [-0.2, -0.15) is 0 Å². The Labute approximate surface area is 228 Å². The molecule has 6 rings (SSSR count). The van der Waals surface area contributed by atoms with E-state index in [2.05, 4.69) is 0 Å². The SMILES string of the molecule is Cc1cccc(C)c1N1CC=C[C@]23O[C@@H]4C=CCN(c5ccccc5)C(=O)[C@@H]4[C@H]2C(=O)N([C@H](C)CO)C3C1=O. The average molecular weight is 528 g/mol. The second-order valence-corrected chi connectivity index (χ2v) is 10.9. The molecule has 1 unspecified atom stereocenters. The Morgan fingerprint density at radius 3 is 2.31 bits per heavy atom. The third-order valence-electron chi connectivity index (χ3n) is 8.61. The Kier molecular flexibility index (Phi) is 6.19. The van der Waals surface area contributed by atoms with Gasteiger partial charge in [0.25, 0.3) is 5.91 Å². The monoisotopic (exact) mass is 527 g/mol. The Morgan fingerprint density at radius 1 is 0.923 bits per heavy atom. The summed E-state index contributed by atoms with van der Waals surface area (Å²) in [6, 6.07) is 13.6. The second-order valence-electron chi connectivity index (χ2n) is 10.9. The number of fused-ring (bicyclic) bond motifs is 2. The highest BCUT2D eigenvalue weighted by Crippen LogP contribution is 2.54. The first-order chi connectivity index (χ1) is 18.8. The van der Waals surface area contributed by atoms with Crippen molar-refractivity contribution in [2.75, 3.05) is 29.5 Å². The lowest BCUT2D eigenvalue weighted by Gasteiger charge is -2.38. The molecular formula is C31H33N3O5. The van der Waals surface area contributed by atoms with Crippen molar-refractivity contribution < 1.29 is 24.2 Å². The number of para-hydroxylation sites is 2. The van der Waals surface area contributed by atoms with E-state index in [0.29, 0.717) is 13.1 Å². The molecule has 2 saturated heterocycles. The maximum atomic E-state index is 14.5. The molecule has 8 nitrogen and oxygen atoms in total. The Balaban J connectivity index is 1.48. The van der Waals surface area contributed by atoms with Crippen LogP contribution in [0.2, 0.25) is 0 Å². The summed E-state index contributed by atoms with van der Waals surface area (Å²) in [6.45, 7) is 6.00. The zero-order valence-electron chi connectivity index (χ0n) is 22.4. The highest BCUT2D eigenvalue weighted by atomic mass is 16.5. The van der Waals surface area contributed by atoms with E-state index in [9.17, 15) is 19.5 Å². The van der Waals surface area contributed by atoms with E-state index in [1.807, 2.05) is 86.7 Å². The first kappa shape index (κ1) is 25.5. The number of hydrogen-bond acceptors (Lipinski definition) is 5. The topological polar surface area (TPSA) is 90.4 Å². The molecule has 0 aliphatic carbocycles. The van der Waals surface area contributed by atoms with Crippen molar-refractivity contribution in [3.63, 3.8) is 0 Å². The lowest BCUT2D eigenvalue weighted by atomic mass is 9.77. The van der Waals surface area contributed by atoms with Gasteiger partial charge in [-0.1, -0.05) is 60.7 Å². The van der Waals surface area contributed by atoms with Gasteiger partial charge in [0.05, 0.1) is 30.6 Å². The zero-order chi connectivity index (χ0) is 27.5. The maximum Gasteiger partial charge on any atom is 0.253 e. The average Bonchev–Trinajstić information content (AvgIpc) is 3.25. The number of aliphatic hydroxyl groups is 1. The predicted octanol–water partition coefficient (Wildman–Crippen LogP) is 2.77. The normalized spacial score (nSPS) is 30.7. The number of hydrogen-bond donors (Lipinski definition) is 1. The van der Waals surface area contributed by atoms with Crippen LogP contribution in [0.15, 0.2) is 72.8 Å². The molecule has 0 aromatic heterocycles. The summed E-state index contributed by atoms with van der Waals surface area (Å²) in [5.74, 6) is -2.53. The zero-order valence-corrected chi connectivity index (χ0v) is 22.4. The van der Waals surface area contributed by atoms with Crippen LogP contribution in [-0.2, 0) is 19.1 Å². The second kappa shape index (κ2) is 9.47. The van der Waals surface area contributed by atoms with Gasteiger partial charge in [0.2, 0.25) is 11.8 Å². The van der Waals surface area contributed by atoms with E-state index in [0.717, 1.165) is 22.5 Å². The molecule has 1 N–H and O–H groups in total. The summed E-state index contributed by atoms with van der Waals surface area (Å²) in [5.41, 5.74) is 2.10.